The molecule has 0 heterocycles. The third-order valence-electron chi connectivity index (χ3n) is 3.48. The van der Waals surface area contributed by atoms with Crippen molar-refractivity contribution in [3.8, 4) is 0 Å². The quantitative estimate of drug-likeness (QED) is 0.595. The number of nitrogens with one attached hydrogen (secondary N) is 1. The monoisotopic (exact) mass is 295 g/mol. The van der Waals surface area contributed by atoms with E-state index in [2.05, 4.69) is 39.4 Å². The normalized spacial score (nSPS) is 13.9. The molecule has 0 aliphatic heterocycles. The van der Waals surface area contributed by atoms with Crippen LogP contribution in [0.1, 0.15) is 42.4 Å². The Morgan fingerprint density at radius 1 is 1.06 bits per heavy atom. The summed E-state index contributed by atoms with van der Waals surface area (Å²) in [7, 11) is 0. The Balaban J connectivity index is 1.69. The smallest absolute Gasteiger partial charge is 0.0205 e. The molecule has 17 heavy (non-hydrogen) atoms. The van der Waals surface area contributed by atoms with E-state index in [0.717, 1.165) is 18.4 Å². The molecule has 1 aromatic carbocycles. The van der Waals surface area contributed by atoms with Crippen LogP contribution in [0.15, 0.2) is 18.2 Å². The summed E-state index contributed by atoms with van der Waals surface area (Å²) < 4.78 is 0. The van der Waals surface area contributed by atoms with Crippen LogP contribution in [0.4, 0.5) is 0 Å². The standard InChI is InChI=1S/C15H22BrN/c16-9-2-1-3-10-17-12-13-7-8-14-5-4-6-15(14)11-13/h7-8,11,17H,1-6,9-10,12H2. The molecule has 1 aromatic rings. The number of alkyl halides is 1. The Labute approximate surface area is 113 Å². The average molecular weight is 296 g/mol. The molecule has 1 N–H and O–H groups in total. The van der Waals surface area contributed by atoms with E-state index in [9.17, 15) is 0 Å². The Morgan fingerprint density at radius 3 is 2.82 bits per heavy atom. The molecule has 0 fully saturated rings. The molecule has 0 saturated heterocycles. The zero-order chi connectivity index (χ0) is 11.9. The highest BCUT2D eigenvalue weighted by Gasteiger charge is 2.10. The van der Waals surface area contributed by atoms with E-state index in [1.807, 2.05) is 0 Å². The Kier molecular flexibility index (Phi) is 5.53. The maximum absolute atomic E-state index is 3.54. The lowest BCUT2D eigenvalue weighted by molar-refractivity contribution is 0.619. The second kappa shape index (κ2) is 7.17. The molecule has 0 saturated carbocycles. The Hall–Kier alpha value is -0.340. The van der Waals surface area contributed by atoms with E-state index < -0.39 is 0 Å². The van der Waals surface area contributed by atoms with Crippen LogP contribution in [-0.2, 0) is 19.4 Å². The minimum Gasteiger partial charge on any atom is -0.313 e. The van der Waals surface area contributed by atoms with Gasteiger partial charge in [0.05, 0.1) is 0 Å². The minimum atomic E-state index is 1.03. The number of fused-ring (bicyclic) bond motifs is 1. The average Bonchev–Trinajstić information content (AvgIpc) is 2.81. The Bertz CT molecular complexity index is 349. The molecule has 0 atom stereocenters. The van der Waals surface area contributed by atoms with E-state index in [1.54, 1.807) is 11.1 Å². The number of hydrogen-bond donors (Lipinski definition) is 1. The van der Waals surface area contributed by atoms with Gasteiger partial charge < -0.3 is 5.32 Å². The zero-order valence-electron chi connectivity index (χ0n) is 10.5. The van der Waals surface area contributed by atoms with Crippen LogP contribution >= 0.6 is 15.9 Å². The van der Waals surface area contributed by atoms with Crippen LogP contribution < -0.4 is 5.32 Å². The molecule has 2 heteroatoms. The van der Waals surface area contributed by atoms with Crippen molar-refractivity contribution in [1.82, 2.24) is 5.32 Å². The molecule has 1 aliphatic rings. The van der Waals surface area contributed by atoms with E-state index in [-0.39, 0.29) is 0 Å². The highest BCUT2D eigenvalue weighted by atomic mass is 79.9. The van der Waals surface area contributed by atoms with Crippen LogP contribution in [-0.4, -0.2) is 11.9 Å². The van der Waals surface area contributed by atoms with E-state index in [0.29, 0.717) is 0 Å². The third-order valence-corrected chi connectivity index (χ3v) is 4.04. The van der Waals surface area contributed by atoms with Crippen molar-refractivity contribution in [3.05, 3.63) is 34.9 Å². The molecule has 0 bridgehead atoms. The van der Waals surface area contributed by atoms with Gasteiger partial charge in [0.25, 0.3) is 0 Å². The maximum atomic E-state index is 3.54. The zero-order valence-corrected chi connectivity index (χ0v) is 12.1. The lowest BCUT2D eigenvalue weighted by Gasteiger charge is -2.07. The molecular formula is C15H22BrN. The van der Waals surface area contributed by atoms with Gasteiger partial charge in [0, 0.05) is 11.9 Å². The van der Waals surface area contributed by atoms with Crippen molar-refractivity contribution < 1.29 is 0 Å². The van der Waals surface area contributed by atoms with E-state index in [4.69, 9.17) is 0 Å². The van der Waals surface area contributed by atoms with Crippen LogP contribution in [0.2, 0.25) is 0 Å². The highest BCUT2D eigenvalue weighted by Crippen LogP contribution is 2.22. The fourth-order valence-corrected chi connectivity index (χ4v) is 2.89. The van der Waals surface area contributed by atoms with Crippen molar-refractivity contribution >= 4 is 15.9 Å². The second-order valence-corrected chi connectivity index (χ2v) is 5.68. The summed E-state index contributed by atoms with van der Waals surface area (Å²) in [5.41, 5.74) is 4.61. The lowest BCUT2D eigenvalue weighted by Crippen LogP contribution is -2.14. The van der Waals surface area contributed by atoms with Gasteiger partial charge in [-0.15, -0.1) is 0 Å². The summed E-state index contributed by atoms with van der Waals surface area (Å²) in [6.07, 6.45) is 7.82. The van der Waals surface area contributed by atoms with Crippen LogP contribution in [0, 0.1) is 0 Å². The van der Waals surface area contributed by atoms with Crippen LogP contribution in [0.3, 0.4) is 0 Å². The van der Waals surface area contributed by atoms with Crippen molar-refractivity contribution in [1.29, 1.82) is 0 Å². The van der Waals surface area contributed by atoms with Crippen molar-refractivity contribution in [2.24, 2.45) is 0 Å². The maximum Gasteiger partial charge on any atom is 0.0205 e. The first-order chi connectivity index (χ1) is 8.40. The van der Waals surface area contributed by atoms with Crippen LogP contribution in [0.25, 0.3) is 0 Å². The summed E-state index contributed by atoms with van der Waals surface area (Å²) >= 11 is 3.46. The number of unbranched alkanes of at least 4 members (excludes halogenated alkanes) is 2. The molecular weight excluding hydrogens is 274 g/mol. The lowest BCUT2D eigenvalue weighted by atomic mass is 10.1. The summed E-state index contributed by atoms with van der Waals surface area (Å²) in [5.74, 6) is 0. The fraction of sp³-hybridized carbons (Fsp3) is 0.600. The highest BCUT2D eigenvalue weighted by molar-refractivity contribution is 9.09. The summed E-state index contributed by atoms with van der Waals surface area (Å²) in [6, 6.07) is 7.01. The number of benzene rings is 1. The van der Waals surface area contributed by atoms with E-state index >= 15 is 0 Å². The molecule has 0 amide bonds. The molecule has 0 radical (unpaired) electrons. The van der Waals surface area contributed by atoms with Gasteiger partial charge in [0.2, 0.25) is 0 Å². The SMILES string of the molecule is BrCCCCCNCc1ccc2c(c1)CCC2. The number of halogens is 1. The van der Waals surface area contributed by atoms with Gasteiger partial charge in [-0.3, -0.25) is 0 Å². The first-order valence-corrected chi connectivity index (χ1v) is 7.89. The van der Waals surface area contributed by atoms with Crippen molar-refractivity contribution in [3.63, 3.8) is 0 Å². The summed E-state index contributed by atoms with van der Waals surface area (Å²) in [5, 5.41) is 4.67. The summed E-state index contributed by atoms with van der Waals surface area (Å²) in [4.78, 5) is 0. The number of hydrogen-bond acceptors (Lipinski definition) is 1. The van der Waals surface area contributed by atoms with Crippen molar-refractivity contribution in [2.45, 2.75) is 45.1 Å². The van der Waals surface area contributed by atoms with Gasteiger partial charge in [-0.25, -0.2) is 0 Å². The first kappa shape index (κ1) is 13.1. The number of rotatable bonds is 7. The first-order valence-electron chi connectivity index (χ1n) is 6.77. The van der Waals surface area contributed by atoms with Crippen molar-refractivity contribution in [2.75, 3.05) is 11.9 Å². The van der Waals surface area contributed by atoms with Gasteiger partial charge in [-0.2, -0.15) is 0 Å². The molecule has 2 rings (SSSR count). The molecule has 1 nitrogen and oxygen atoms in total. The van der Waals surface area contributed by atoms with Crippen LogP contribution in [0.5, 0.6) is 0 Å². The third kappa shape index (κ3) is 4.11. The molecule has 0 unspecified atom stereocenters. The van der Waals surface area contributed by atoms with Gasteiger partial charge in [-0.1, -0.05) is 40.5 Å². The summed E-state index contributed by atoms with van der Waals surface area (Å²) in [6.45, 7) is 2.17. The topological polar surface area (TPSA) is 12.0 Å². The van der Waals surface area contributed by atoms with Gasteiger partial charge in [0.1, 0.15) is 0 Å². The largest absolute Gasteiger partial charge is 0.313 e. The molecule has 0 aromatic heterocycles. The molecule has 0 spiro atoms. The predicted octanol–water partition coefficient (Wildman–Crippen LogP) is 3.83. The van der Waals surface area contributed by atoms with Gasteiger partial charge >= 0.3 is 0 Å². The Morgan fingerprint density at radius 2 is 1.94 bits per heavy atom. The molecule has 94 valence electrons. The van der Waals surface area contributed by atoms with Gasteiger partial charge in [-0.05, 0) is 55.3 Å². The molecule has 1 aliphatic carbocycles. The predicted molar refractivity (Wildman–Crippen MR) is 77.8 cm³/mol. The number of aryl methyl sites for hydroxylation is 2. The van der Waals surface area contributed by atoms with E-state index in [1.165, 1.54) is 44.1 Å². The second-order valence-electron chi connectivity index (χ2n) is 4.88. The van der Waals surface area contributed by atoms with Gasteiger partial charge in [0.15, 0.2) is 0 Å². The minimum absolute atomic E-state index is 1.03. The fourth-order valence-electron chi connectivity index (χ4n) is 2.49.